The van der Waals surface area contributed by atoms with E-state index in [9.17, 15) is 24.2 Å². The van der Waals surface area contributed by atoms with Gasteiger partial charge in [-0.25, -0.2) is 4.57 Å². The maximum atomic E-state index is 12.7. The van der Waals surface area contributed by atoms with E-state index in [4.69, 9.17) is 28.7 Å². The number of aliphatic hydroxyl groups excluding tert-OH is 1. The van der Waals surface area contributed by atoms with E-state index in [-0.39, 0.29) is 38.7 Å². The Hall–Kier alpha value is -3.05. The molecule has 0 aliphatic heterocycles. The van der Waals surface area contributed by atoms with Crippen LogP contribution in [0.15, 0.2) is 65.2 Å². The van der Waals surface area contributed by atoms with Crippen LogP contribution in [0.5, 0.6) is 0 Å². The Morgan fingerprint density at radius 1 is 0.737 bits per heavy atom. The van der Waals surface area contributed by atoms with E-state index < -0.39 is 32.5 Å². The fraction of sp³-hybridized carbons (Fsp3) is 0.644. The number of rotatable bonds is 35. The minimum Gasteiger partial charge on any atom is -0.466 e. The topological polar surface area (TPSA) is 168 Å². The molecular formula is C45H74NO10P. The van der Waals surface area contributed by atoms with Gasteiger partial charge in [0.05, 0.1) is 19.3 Å². The molecule has 0 saturated heterocycles. The molecule has 57 heavy (non-hydrogen) atoms. The fourth-order valence-corrected chi connectivity index (χ4v) is 6.45. The molecule has 0 aromatic carbocycles. The van der Waals surface area contributed by atoms with Crippen LogP contribution in [0.1, 0.15) is 146 Å². The largest absolute Gasteiger partial charge is 0.472 e. The van der Waals surface area contributed by atoms with Crippen molar-refractivity contribution in [3.05, 3.63) is 83.4 Å². The van der Waals surface area contributed by atoms with Gasteiger partial charge in [0.15, 0.2) is 6.10 Å². The molecular weight excluding hydrogens is 745 g/mol. The molecule has 0 radical (unpaired) electrons. The van der Waals surface area contributed by atoms with Gasteiger partial charge < -0.3 is 29.6 Å². The van der Waals surface area contributed by atoms with Gasteiger partial charge in [0.1, 0.15) is 18.1 Å². The number of unbranched alkanes of at least 4 members (excludes halogenated alkanes) is 8. The Kier molecular flexibility index (Phi) is 30.9. The molecule has 11 nitrogen and oxygen atoms in total. The number of carbonyl (C=O) groups excluding carboxylic acids is 2. The summed E-state index contributed by atoms with van der Waals surface area (Å²) in [7, 11) is -4.42. The highest BCUT2D eigenvalue weighted by atomic mass is 31.2. The Morgan fingerprint density at radius 3 is 1.95 bits per heavy atom. The van der Waals surface area contributed by atoms with Crippen LogP contribution in [0.3, 0.4) is 0 Å². The summed E-state index contributed by atoms with van der Waals surface area (Å²) in [6.45, 7) is 7.53. The minimum absolute atomic E-state index is 0.0290. The van der Waals surface area contributed by atoms with Gasteiger partial charge in [-0.05, 0) is 82.8 Å². The van der Waals surface area contributed by atoms with Crippen LogP contribution in [0.2, 0.25) is 0 Å². The maximum Gasteiger partial charge on any atom is 0.472 e. The van der Waals surface area contributed by atoms with Crippen LogP contribution in [0.25, 0.3) is 0 Å². The van der Waals surface area contributed by atoms with Gasteiger partial charge >= 0.3 is 19.8 Å². The summed E-state index contributed by atoms with van der Waals surface area (Å²) < 4.78 is 39.0. The van der Waals surface area contributed by atoms with Gasteiger partial charge in [-0.15, -0.1) is 0 Å². The zero-order valence-corrected chi connectivity index (χ0v) is 36.3. The van der Waals surface area contributed by atoms with E-state index in [1.54, 1.807) is 6.08 Å². The number of nitrogens with two attached hydrogens (primary N) is 1. The van der Waals surface area contributed by atoms with Gasteiger partial charge in [-0.1, -0.05) is 113 Å². The molecule has 0 fully saturated rings. The SMILES string of the molecule is CCCCCc1oc(CCCCCCCCC(=O)O[C@H](COC(=O)CCC/C=C\C/C=C\C/C=C\C/C=C\C=C\[C@@H](O)CC)COP(=O)(O)OCCN)c(C)c1C. The van der Waals surface area contributed by atoms with E-state index in [2.05, 4.69) is 45.1 Å². The third-order valence-electron chi connectivity index (χ3n) is 9.28. The number of furan rings is 1. The molecule has 3 atom stereocenters. The summed E-state index contributed by atoms with van der Waals surface area (Å²) in [5.74, 6) is 1.30. The van der Waals surface area contributed by atoms with E-state index >= 15 is 0 Å². The van der Waals surface area contributed by atoms with Gasteiger partial charge in [0.25, 0.3) is 0 Å². The van der Waals surface area contributed by atoms with Crippen LogP contribution in [-0.4, -0.2) is 60.5 Å². The molecule has 324 valence electrons. The molecule has 1 unspecified atom stereocenters. The third kappa shape index (κ3) is 28.1. The summed E-state index contributed by atoms with van der Waals surface area (Å²) in [6, 6.07) is 0. The number of allylic oxidation sites excluding steroid dienone is 9. The monoisotopic (exact) mass is 820 g/mol. The molecule has 0 bridgehead atoms. The number of phosphoric ester groups is 1. The van der Waals surface area contributed by atoms with Crippen LogP contribution in [0, 0.1) is 13.8 Å². The lowest BCUT2D eigenvalue weighted by molar-refractivity contribution is -0.161. The highest BCUT2D eigenvalue weighted by molar-refractivity contribution is 7.47. The third-order valence-corrected chi connectivity index (χ3v) is 10.3. The van der Waals surface area contributed by atoms with Crippen LogP contribution in [-0.2, 0) is 45.5 Å². The van der Waals surface area contributed by atoms with Crippen molar-refractivity contribution in [2.24, 2.45) is 5.73 Å². The van der Waals surface area contributed by atoms with E-state index in [1.807, 2.05) is 37.3 Å². The molecule has 12 heteroatoms. The predicted molar refractivity (Wildman–Crippen MR) is 229 cm³/mol. The number of esters is 2. The van der Waals surface area contributed by atoms with Crippen molar-refractivity contribution in [3.63, 3.8) is 0 Å². The first-order chi connectivity index (χ1) is 27.5. The number of phosphoric acid groups is 1. The first-order valence-corrected chi connectivity index (χ1v) is 22.7. The molecule has 0 aliphatic carbocycles. The van der Waals surface area contributed by atoms with E-state index in [1.165, 1.54) is 30.4 Å². The molecule has 4 N–H and O–H groups in total. The summed E-state index contributed by atoms with van der Waals surface area (Å²) >= 11 is 0. The van der Waals surface area contributed by atoms with E-state index in [0.717, 1.165) is 75.7 Å². The first kappa shape index (κ1) is 52.0. The summed E-state index contributed by atoms with van der Waals surface area (Å²) in [5.41, 5.74) is 7.93. The number of aliphatic hydroxyl groups is 1. The second-order valence-corrected chi connectivity index (χ2v) is 15.7. The lowest BCUT2D eigenvalue weighted by Gasteiger charge is -2.19. The lowest BCUT2D eigenvalue weighted by Crippen LogP contribution is -2.29. The Bertz CT molecular complexity index is 1410. The van der Waals surface area contributed by atoms with Gasteiger partial charge in [0.2, 0.25) is 0 Å². The second-order valence-electron chi connectivity index (χ2n) is 14.3. The number of hydrogen-bond acceptors (Lipinski definition) is 10. The van der Waals surface area contributed by atoms with Gasteiger partial charge in [0, 0.05) is 32.2 Å². The lowest BCUT2D eigenvalue weighted by atomic mass is 10.0. The Morgan fingerprint density at radius 2 is 1.32 bits per heavy atom. The maximum absolute atomic E-state index is 12.7. The zero-order chi connectivity index (χ0) is 42.0. The summed E-state index contributed by atoms with van der Waals surface area (Å²) in [5, 5.41) is 9.47. The quantitative estimate of drug-likeness (QED) is 0.0196. The first-order valence-electron chi connectivity index (χ1n) is 21.2. The Labute approximate surface area is 343 Å². The highest BCUT2D eigenvalue weighted by Gasteiger charge is 2.26. The standard InChI is InChI=1S/C45H74NO10P/c1-5-7-24-30-42-38(3)39(4)43(56-42)31-26-21-18-19-23-28-33-45(49)55-41(37-54-57(50,51)53-35-34-46)36-52-44(48)32-27-22-17-15-13-11-9-8-10-12-14-16-20-25-29-40(47)6-2/h9-12,15-17,20,25,29,40-41,47H,5-8,13-14,18-19,21-24,26-28,30-37,46H2,1-4H3,(H,50,51)/b11-9-,12-10-,17-15-,20-16-,29-25+/t40-,41+/m0/s1. The smallest absolute Gasteiger partial charge is 0.466 e. The number of hydrogen-bond donors (Lipinski definition) is 3. The average Bonchev–Trinajstić information content (AvgIpc) is 3.46. The molecule has 0 amide bonds. The average molecular weight is 820 g/mol. The number of carbonyl (C=O) groups is 2. The van der Waals surface area contributed by atoms with Gasteiger partial charge in [-0.3, -0.25) is 18.6 Å². The Balaban J connectivity index is 2.35. The number of aryl methyl sites for hydroxylation is 2. The van der Waals surface area contributed by atoms with Gasteiger partial charge in [-0.2, -0.15) is 0 Å². The predicted octanol–water partition coefficient (Wildman–Crippen LogP) is 10.3. The van der Waals surface area contributed by atoms with Crippen molar-refractivity contribution in [2.75, 3.05) is 26.4 Å². The van der Waals surface area contributed by atoms with E-state index in [0.29, 0.717) is 25.7 Å². The van der Waals surface area contributed by atoms with Crippen LogP contribution >= 0.6 is 7.82 Å². The minimum atomic E-state index is -4.42. The van der Waals surface area contributed by atoms with Crippen molar-refractivity contribution in [2.45, 2.75) is 162 Å². The second kappa shape index (κ2) is 33.9. The van der Waals surface area contributed by atoms with Crippen molar-refractivity contribution >= 4 is 19.8 Å². The van der Waals surface area contributed by atoms with Crippen LogP contribution < -0.4 is 5.73 Å². The zero-order valence-electron chi connectivity index (χ0n) is 35.4. The molecule has 1 aromatic rings. The van der Waals surface area contributed by atoms with Crippen molar-refractivity contribution < 1.29 is 47.1 Å². The summed E-state index contributed by atoms with van der Waals surface area (Å²) in [4.78, 5) is 35.0. The molecule has 1 heterocycles. The molecule has 1 rings (SSSR count). The van der Waals surface area contributed by atoms with Crippen LogP contribution in [0.4, 0.5) is 0 Å². The fourth-order valence-electron chi connectivity index (χ4n) is 5.68. The number of ether oxygens (including phenoxy) is 2. The molecule has 0 saturated carbocycles. The molecule has 1 aromatic heterocycles. The van der Waals surface area contributed by atoms with Crippen molar-refractivity contribution in [1.82, 2.24) is 0 Å². The van der Waals surface area contributed by atoms with Crippen molar-refractivity contribution in [1.29, 1.82) is 0 Å². The normalized spacial score (nSPS) is 14.4. The molecule has 0 aliphatic rings. The van der Waals surface area contributed by atoms with Crippen molar-refractivity contribution in [3.8, 4) is 0 Å². The molecule has 0 spiro atoms. The highest BCUT2D eigenvalue weighted by Crippen LogP contribution is 2.43. The summed E-state index contributed by atoms with van der Waals surface area (Å²) in [6.07, 6.45) is 34.7.